The lowest BCUT2D eigenvalue weighted by Gasteiger charge is -2.17. The molecule has 6 heteroatoms. The van der Waals surface area contributed by atoms with Crippen LogP contribution < -0.4 is 0 Å². The van der Waals surface area contributed by atoms with E-state index in [1.807, 2.05) is 0 Å². The Kier molecular flexibility index (Phi) is 4.04. The molecule has 0 bridgehead atoms. The fourth-order valence-corrected chi connectivity index (χ4v) is 1.34. The van der Waals surface area contributed by atoms with Gasteiger partial charge < -0.3 is 24.4 Å². The predicted octanol–water partition coefficient (Wildman–Crippen LogP) is -0.969. The van der Waals surface area contributed by atoms with E-state index in [0.717, 1.165) is 0 Å². The number of hydrogen-bond donors (Lipinski definition) is 2. The summed E-state index contributed by atoms with van der Waals surface area (Å²) in [5.41, 5.74) is 0. The number of aliphatic hydroxyl groups excluding tert-OH is 2. The molecule has 1 fully saturated rings. The molecule has 0 aromatic carbocycles. The molecule has 1 rings (SSSR count). The number of methoxy groups -OCH3 is 1. The van der Waals surface area contributed by atoms with E-state index in [4.69, 9.17) is 9.47 Å². The normalized spacial score (nSPS) is 35.9. The van der Waals surface area contributed by atoms with Crippen LogP contribution in [0.3, 0.4) is 0 Å². The highest BCUT2D eigenvalue weighted by atomic mass is 16.7. The van der Waals surface area contributed by atoms with Crippen LogP contribution in [0.5, 0.6) is 0 Å². The first-order chi connectivity index (χ1) is 6.97. The largest absolute Gasteiger partial charge is 0.467 e. The summed E-state index contributed by atoms with van der Waals surface area (Å²) in [5.74, 6) is -0.726. The lowest BCUT2D eigenvalue weighted by Crippen LogP contribution is -2.37. The van der Waals surface area contributed by atoms with Gasteiger partial charge in [0.05, 0.1) is 13.2 Å². The van der Waals surface area contributed by atoms with Crippen LogP contribution in [0, 0.1) is 0 Å². The molecule has 2 N–H and O–H groups in total. The van der Waals surface area contributed by atoms with Gasteiger partial charge in [0.2, 0.25) is 0 Å². The Labute approximate surface area is 87.7 Å². The van der Waals surface area contributed by atoms with Crippen LogP contribution in [0.4, 0.5) is 0 Å². The molecule has 0 spiro atoms. The third kappa shape index (κ3) is 2.66. The summed E-state index contributed by atoms with van der Waals surface area (Å²) in [6.07, 6.45) is -4.91. The van der Waals surface area contributed by atoms with Crippen LogP contribution in [0.15, 0.2) is 0 Å². The zero-order valence-corrected chi connectivity index (χ0v) is 8.91. The van der Waals surface area contributed by atoms with Gasteiger partial charge in [-0.2, -0.15) is 0 Å². The quantitative estimate of drug-likeness (QED) is 0.595. The zero-order chi connectivity index (χ0) is 11.6. The molecule has 0 aliphatic carbocycles. The van der Waals surface area contributed by atoms with Crippen LogP contribution in [0.1, 0.15) is 13.8 Å². The van der Waals surface area contributed by atoms with Crippen LogP contribution in [0.25, 0.3) is 0 Å². The maximum absolute atomic E-state index is 11.1. The van der Waals surface area contributed by atoms with E-state index >= 15 is 0 Å². The van der Waals surface area contributed by atoms with Crippen LogP contribution >= 0.6 is 0 Å². The summed E-state index contributed by atoms with van der Waals surface area (Å²) in [6, 6.07) is 0. The molecule has 1 saturated heterocycles. The van der Waals surface area contributed by atoms with Crippen molar-refractivity contribution in [1.29, 1.82) is 0 Å². The molecule has 0 aromatic heterocycles. The second kappa shape index (κ2) is 4.89. The van der Waals surface area contributed by atoms with Crippen LogP contribution in [0.2, 0.25) is 0 Å². The van der Waals surface area contributed by atoms with E-state index in [-0.39, 0.29) is 6.10 Å². The summed E-state index contributed by atoms with van der Waals surface area (Å²) in [5, 5.41) is 19.0. The summed E-state index contributed by atoms with van der Waals surface area (Å²) < 4.78 is 14.6. The van der Waals surface area contributed by atoms with Crippen LogP contribution in [-0.2, 0) is 19.0 Å². The number of hydrogen-bond acceptors (Lipinski definition) is 6. The third-order valence-corrected chi connectivity index (χ3v) is 2.06. The Bertz CT molecular complexity index is 229. The van der Waals surface area contributed by atoms with E-state index in [0.29, 0.717) is 0 Å². The fourth-order valence-electron chi connectivity index (χ4n) is 1.34. The molecule has 0 amide bonds. The zero-order valence-electron chi connectivity index (χ0n) is 8.91. The maximum atomic E-state index is 11.1. The predicted molar refractivity (Wildman–Crippen MR) is 48.9 cm³/mol. The van der Waals surface area contributed by atoms with Gasteiger partial charge in [-0.05, 0) is 13.8 Å². The number of carbonyl (C=O) groups excluding carboxylic acids is 1. The molecule has 1 aliphatic heterocycles. The average molecular weight is 220 g/mol. The lowest BCUT2D eigenvalue weighted by molar-refractivity contribution is -0.193. The van der Waals surface area contributed by atoms with Crippen molar-refractivity contribution in [1.82, 2.24) is 0 Å². The Balaban J connectivity index is 2.63. The minimum atomic E-state index is -1.32. The molecule has 4 atom stereocenters. The summed E-state index contributed by atoms with van der Waals surface area (Å²) in [4.78, 5) is 11.1. The fraction of sp³-hybridized carbons (Fsp3) is 0.889. The van der Waals surface area contributed by atoms with Crippen molar-refractivity contribution in [3.05, 3.63) is 0 Å². The van der Waals surface area contributed by atoms with E-state index in [9.17, 15) is 15.0 Å². The minimum Gasteiger partial charge on any atom is -0.467 e. The second-order valence-electron chi connectivity index (χ2n) is 3.61. The summed E-state index contributed by atoms with van der Waals surface area (Å²) in [6.45, 7) is 3.52. The first-order valence-electron chi connectivity index (χ1n) is 4.72. The van der Waals surface area contributed by atoms with E-state index in [1.54, 1.807) is 13.8 Å². The van der Waals surface area contributed by atoms with E-state index in [2.05, 4.69) is 4.74 Å². The number of esters is 1. The van der Waals surface area contributed by atoms with Crippen molar-refractivity contribution in [3.63, 3.8) is 0 Å². The highest BCUT2D eigenvalue weighted by molar-refractivity contribution is 5.75. The number of carbonyl (C=O) groups is 1. The van der Waals surface area contributed by atoms with Crippen molar-refractivity contribution >= 4 is 5.97 Å². The molecule has 15 heavy (non-hydrogen) atoms. The topological polar surface area (TPSA) is 85.2 Å². The molecule has 6 nitrogen and oxygen atoms in total. The van der Waals surface area contributed by atoms with E-state index in [1.165, 1.54) is 7.11 Å². The van der Waals surface area contributed by atoms with Crippen LogP contribution in [-0.4, -0.2) is 54.0 Å². The summed E-state index contributed by atoms with van der Waals surface area (Å²) >= 11 is 0. The number of ether oxygens (including phenoxy) is 3. The molecule has 0 aromatic rings. The van der Waals surface area contributed by atoms with E-state index < -0.39 is 30.6 Å². The highest BCUT2D eigenvalue weighted by Gasteiger charge is 2.47. The van der Waals surface area contributed by atoms with Gasteiger partial charge in [0.1, 0.15) is 12.2 Å². The van der Waals surface area contributed by atoms with Crippen molar-refractivity contribution in [2.45, 2.75) is 44.6 Å². The standard InChI is InChI=1S/C9H16O6/c1-4(2)14-9-6(11)5(10)7(15-9)8(12)13-3/h4-7,9-11H,1-3H3/t5-,6+,7-,9+/m0/s1. The second-order valence-corrected chi connectivity index (χ2v) is 3.61. The molecule has 0 saturated carbocycles. The Morgan fingerprint density at radius 2 is 1.93 bits per heavy atom. The van der Waals surface area contributed by atoms with Crippen molar-refractivity contribution in [2.75, 3.05) is 7.11 Å². The van der Waals surface area contributed by atoms with Crippen molar-refractivity contribution < 1.29 is 29.2 Å². The van der Waals surface area contributed by atoms with Gasteiger partial charge >= 0.3 is 5.97 Å². The summed E-state index contributed by atoms with van der Waals surface area (Å²) in [7, 11) is 1.18. The molecule has 1 heterocycles. The minimum absolute atomic E-state index is 0.173. The molecular formula is C9H16O6. The van der Waals surface area contributed by atoms with Gasteiger partial charge in [0, 0.05) is 0 Å². The van der Waals surface area contributed by atoms with Gasteiger partial charge in [-0.3, -0.25) is 0 Å². The lowest BCUT2D eigenvalue weighted by atomic mass is 10.1. The first-order valence-corrected chi connectivity index (χ1v) is 4.72. The molecule has 0 unspecified atom stereocenters. The van der Waals surface area contributed by atoms with Gasteiger partial charge in [0.15, 0.2) is 12.4 Å². The van der Waals surface area contributed by atoms with Crippen molar-refractivity contribution in [2.24, 2.45) is 0 Å². The Morgan fingerprint density at radius 1 is 1.33 bits per heavy atom. The van der Waals surface area contributed by atoms with Gasteiger partial charge in [-0.15, -0.1) is 0 Å². The highest BCUT2D eigenvalue weighted by Crippen LogP contribution is 2.23. The number of aliphatic hydroxyl groups is 2. The van der Waals surface area contributed by atoms with Gasteiger partial charge in [0.25, 0.3) is 0 Å². The molecule has 88 valence electrons. The average Bonchev–Trinajstić information content (AvgIpc) is 2.44. The van der Waals surface area contributed by atoms with Gasteiger partial charge in [-0.1, -0.05) is 0 Å². The third-order valence-electron chi connectivity index (χ3n) is 2.06. The molecule has 1 aliphatic rings. The number of rotatable bonds is 3. The van der Waals surface area contributed by atoms with Gasteiger partial charge in [-0.25, -0.2) is 4.79 Å². The molecule has 0 radical (unpaired) electrons. The SMILES string of the molecule is COC(=O)[C@H]1O[C@@H](OC(C)C)[C@H](O)[C@@H]1O. The monoisotopic (exact) mass is 220 g/mol. The first kappa shape index (κ1) is 12.4. The maximum Gasteiger partial charge on any atom is 0.337 e. The molecular weight excluding hydrogens is 204 g/mol. The Hall–Kier alpha value is -0.690. The smallest absolute Gasteiger partial charge is 0.337 e. The van der Waals surface area contributed by atoms with Crippen molar-refractivity contribution in [3.8, 4) is 0 Å². The Morgan fingerprint density at radius 3 is 2.40 bits per heavy atom.